The molecule has 2 aromatic carbocycles. The second kappa shape index (κ2) is 24.0. The first-order valence-electron chi connectivity index (χ1n) is 15.8. The van der Waals surface area contributed by atoms with Crippen LogP contribution in [0, 0.1) is 0 Å². The average Bonchev–Trinajstić information content (AvgIpc) is 3.04. The van der Waals surface area contributed by atoms with E-state index in [0.29, 0.717) is 62.5 Å². The maximum absolute atomic E-state index is 12.3. The Hall–Kier alpha value is -3.40. The van der Waals surface area contributed by atoms with Gasteiger partial charge in [0.05, 0.1) is 52.3 Å². The molecule has 0 bridgehead atoms. The lowest BCUT2D eigenvalue weighted by Gasteiger charge is -2.11. The first-order chi connectivity index (χ1) is 21.6. The fourth-order valence-corrected chi connectivity index (χ4v) is 4.32. The molecule has 0 aromatic heterocycles. The molecule has 9 heteroatoms. The first kappa shape index (κ1) is 36.8. The predicted octanol–water partition coefficient (Wildman–Crippen LogP) is 6.80. The molecule has 0 spiro atoms. The molecule has 0 aliphatic heterocycles. The molecule has 0 atom stereocenters. The lowest BCUT2D eigenvalue weighted by Crippen LogP contribution is -2.12. The third kappa shape index (κ3) is 16.4. The molecule has 0 aliphatic rings. The Kier molecular flexibility index (Phi) is 20.1. The van der Waals surface area contributed by atoms with Crippen LogP contribution in [-0.4, -0.2) is 70.4 Å². The van der Waals surface area contributed by atoms with E-state index in [1.807, 2.05) is 0 Å². The summed E-state index contributed by atoms with van der Waals surface area (Å²) in [4.78, 5) is 24.7. The molecule has 0 heterocycles. The largest absolute Gasteiger partial charge is 0.493 e. The van der Waals surface area contributed by atoms with Gasteiger partial charge in [0.15, 0.2) is 11.5 Å². The zero-order valence-corrected chi connectivity index (χ0v) is 26.4. The fourth-order valence-electron chi connectivity index (χ4n) is 4.32. The maximum Gasteiger partial charge on any atom is 0.338 e. The number of hydrogen-bond donors (Lipinski definition) is 1. The lowest BCUT2D eigenvalue weighted by molar-refractivity contribution is -0.128. The summed E-state index contributed by atoms with van der Waals surface area (Å²) in [5, 5.41) is 8.67. The van der Waals surface area contributed by atoms with E-state index in [1.54, 1.807) is 48.5 Å². The minimum absolute atomic E-state index is 0.0119. The van der Waals surface area contributed by atoms with Crippen molar-refractivity contribution in [2.75, 3.05) is 53.4 Å². The summed E-state index contributed by atoms with van der Waals surface area (Å²) >= 11 is 0. The van der Waals surface area contributed by atoms with Crippen LogP contribution in [0.2, 0.25) is 0 Å². The second-order valence-corrected chi connectivity index (χ2v) is 10.3. The number of ether oxygens (including phenoxy) is 6. The summed E-state index contributed by atoms with van der Waals surface area (Å²) in [6, 6.07) is 11.6. The van der Waals surface area contributed by atoms with E-state index in [0.717, 1.165) is 18.4 Å². The molecule has 0 unspecified atom stereocenters. The quantitative estimate of drug-likeness (QED) is 0.0559. The van der Waals surface area contributed by atoms with Gasteiger partial charge < -0.3 is 33.5 Å². The van der Waals surface area contributed by atoms with Crippen molar-refractivity contribution < 1.29 is 43.1 Å². The molecule has 1 N–H and O–H groups in total. The van der Waals surface area contributed by atoms with Gasteiger partial charge >= 0.3 is 11.9 Å². The van der Waals surface area contributed by atoms with Crippen LogP contribution in [0.3, 0.4) is 0 Å². The summed E-state index contributed by atoms with van der Waals surface area (Å²) in [6.07, 6.45) is 15.2. The van der Waals surface area contributed by atoms with Gasteiger partial charge in [-0.05, 0) is 54.5 Å². The molecule has 0 saturated heterocycles. The molecular weight excluding hydrogens is 564 g/mol. The molecule has 0 aliphatic carbocycles. The molecule has 0 saturated carbocycles. The molecule has 244 valence electrons. The summed E-state index contributed by atoms with van der Waals surface area (Å²) in [7, 11) is 1.54. The average molecular weight is 615 g/mol. The van der Waals surface area contributed by atoms with Gasteiger partial charge in [-0.1, -0.05) is 70.8 Å². The van der Waals surface area contributed by atoms with E-state index in [-0.39, 0.29) is 12.6 Å². The van der Waals surface area contributed by atoms with Crippen LogP contribution < -0.4 is 14.2 Å². The van der Waals surface area contributed by atoms with Crippen molar-refractivity contribution in [3.8, 4) is 17.2 Å². The number of methoxy groups -OCH3 is 1. The summed E-state index contributed by atoms with van der Waals surface area (Å²) in [5.41, 5.74) is 1.14. The normalized spacial score (nSPS) is 11.1. The monoisotopic (exact) mass is 614 g/mol. The van der Waals surface area contributed by atoms with E-state index < -0.39 is 5.97 Å². The highest BCUT2D eigenvalue weighted by Gasteiger charge is 2.09. The zero-order valence-electron chi connectivity index (χ0n) is 26.4. The van der Waals surface area contributed by atoms with E-state index in [4.69, 9.17) is 33.5 Å². The van der Waals surface area contributed by atoms with Gasteiger partial charge in [-0.25, -0.2) is 9.59 Å². The van der Waals surface area contributed by atoms with Gasteiger partial charge in [-0.2, -0.15) is 0 Å². The number of carbonyl (C=O) groups is 2. The van der Waals surface area contributed by atoms with Crippen LogP contribution in [0.5, 0.6) is 17.2 Å². The van der Waals surface area contributed by atoms with E-state index in [9.17, 15) is 9.59 Å². The van der Waals surface area contributed by atoms with Crippen molar-refractivity contribution in [2.45, 2.75) is 71.1 Å². The Labute approximate surface area is 262 Å². The van der Waals surface area contributed by atoms with Gasteiger partial charge in [0.1, 0.15) is 12.4 Å². The van der Waals surface area contributed by atoms with E-state index in [2.05, 4.69) is 6.92 Å². The third-order valence-corrected chi connectivity index (χ3v) is 6.73. The van der Waals surface area contributed by atoms with Gasteiger partial charge in [-0.3, -0.25) is 0 Å². The Morgan fingerprint density at radius 3 is 2.02 bits per heavy atom. The standard InChI is InChI=1S/C35H50O9/c1-3-4-5-6-7-8-9-10-11-12-22-43-35(38)30-15-17-31(18-16-30)44-34(37)20-14-29-13-19-32(33(28-29)39-2)42-27-26-41-25-24-40-23-21-36/h13-20,28,36H,3-12,21-27H2,1-2H3/b20-14+. The van der Waals surface area contributed by atoms with E-state index >= 15 is 0 Å². The Bertz CT molecular complexity index is 1080. The van der Waals surface area contributed by atoms with Gasteiger partial charge in [0.2, 0.25) is 0 Å². The Balaban J connectivity index is 1.66. The minimum Gasteiger partial charge on any atom is -0.493 e. The van der Waals surface area contributed by atoms with Crippen LogP contribution in [0.4, 0.5) is 0 Å². The fraction of sp³-hybridized carbons (Fsp3) is 0.543. The molecular formula is C35H50O9. The van der Waals surface area contributed by atoms with Crippen molar-refractivity contribution >= 4 is 18.0 Å². The molecule has 0 radical (unpaired) electrons. The zero-order chi connectivity index (χ0) is 31.7. The third-order valence-electron chi connectivity index (χ3n) is 6.73. The molecule has 0 amide bonds. The van der Waals surface area contributed by atoms with Crippen molar-refractivity contribution in [1.82, 2.24) is 0 Å². The molecule has 0 fully saturated rings. The summed E-state index contributed by atoms with van der Waals surface area (Å²) in [5.74, 6) is 0.462. The highest BCUT2D eigenvalue weighted by atomic mass is 16.6. The summed E-state index contributed by atoms with van der Waals surface area (Å²) < 4.78 is 32.4. The molecule has 2 rings (SSSR count). The molecule has 44 heavy (non-hydrogen) atoms. The highest BCUT2D eigenvalue weighted by molar-refractivity contribution is 5.90. The second-order valence-electron chi connectivity index (χ2n) is 10.3. The number of aliphatic hydroxyl groups is 1. The van der Waals surface area contributed by atoms with Gasteiger partial charge in [0.25, 0.3) is 0 Å². The SMILES string of the molecule is CCCCCCCCCCCCOC(=O)c1ccc(OC(=O)/C=C/c2ccc(OCCOCCOCCO)c(OC)c2)cc1. The van der Waals surface area contributed by atoms with Crippen molar-refractivity contribution in [1.29, 1.82) is 0 Å². The highest BCUT2D eigenvalue weighted by Crippen LogP contribution is 2.28. The number of carbonyl (C=O) groups excluding carboxylic acids is 2. The van der Waals surface area contributed by atoms with Crippen LogP contribution in [0.1, 0.15) is 87.1 Å². The van der Waals surface area contributed by atoms with Gasteiger partial charge in [-0.15, -0.1) is 0 Å². The van der Waals surface area contributed by atoms with Crippen molar-refractivity contribution in [3.63, 3.8) is 0 Å². The number of aliphatic hydroxyl groups excluding tert-OH is 1. The maximum atomic E-state index is 12.3. The summed E-state index contributed by atoms with van der Waals surface area (Å²) in [6.45, 7) is 4.45. The smallest absolute Gasteiger partial charge is 0.338 e. The van der Waals surface area contributed by atoms with Gasteiger partial charge in [0, 0.05) is 6.08 Å². The Morgan fingerprint density at radius 2 is 1.36 bits per heavy atom. The Morgan fingerprint density at radius 1 is 0.727 bits per heavy atom. The van der Waals surface area contributed by atoms with Crippen LogP contribution in [0.25, 0.3) is 6.08 Å². The topological polar surface area (TPSA) is 110 Å². The van der Waals surface area contributed by atoms with Crippen LogP contribution >= 0.6 is 0 Å². The minimum atomic E-state index is -0.555. The first-order valence-corrected chi connectivity index (χ1v) is 15.8. The number of hydrogen-bond acceptors (Lipinski definition) is 9. The van der Waals surface area contributed by atoms with E-state index in [1.165, 1.54) is 64.6 Å². The molecule has 9 nitrogen and oxygen atoms in total. The number of unbranched alkanes of at least 4 members (excludes halogenated alkanes) is 9. The number of esters is 2. The lowest BCUT2D eigenvalue weighted by atomic mass is 10.1. The van der Waals surface area contributed by atoms with Crippen molar-refractivity contribution in [2.24, 2.45) is 0 Å². The number of benzene rings is 2. The molecule has 2 aromatic rings. The van der Waals surface area contributed by atoms with Crippen molar-refractivity contribution in [3.05, 3.63) is 59.7 Å². The van der Waals surface area contributed by atoms with Crippen LogP contribution in [-0.2, 0) is 19.0 Å². The number of rotatable bonds is 25. The van der Waals surface area contributed by atoms with Crippen LogP contribution in [0.15, 0.2) is 48.5 Å². The predicted molar refractivity (Wildman–Crippen MR) is 170 cm³/mol.